The average Bonchev–Trinajstić information content (AvgIpc) is 3.31. The highest BCUT2D eigenvalue weighted by Gasteiger charge is 2.57. The summed E-state index contributed by atoms with van der Waals surface area (Å²) in [6.07, 6.45) is 6.44. The van der Waals surface area contributed by atoms with Gasteiger partial charge in [0.05, 0.1) is 19.8 Å². The van der Waals surface area contributed by atoms with Gasteiger partial charge in [0.25, 0.3) is 11.8 Å². The van der Waals surface area contributed by atoms with E-state index in [1.54, 1.807) is 18.2 Å². The van der Waals surface area contributed by atoms with E-state index in [1.165, 1.54) is 4.90 Å². The van der Waals surface area contributed by atoms with Crippen LogP contribution in [0.15, 0.2) is 54.6 Å². The molecule has 0 radical (unpaired) electrons. The number of rotatable bonds is 15. The highest BCUT2D eigenvalue weighted by molar-refractivity contribution is 6.17. The van der Waals surface area contributed by atoms with Gasteiger partial charge in [-0.3, -0.25) is 9.59 Å². The van der Waals surface area contributed by atoms with Gasteiger partial charge in [-0.2, -0.15) is 5.26 Å². The van der Waals surface area contributed by atoms with Gasteiger partial charge in [-0.25, -0.2) is 4.90 Å². The summed E-state index contributed by atoms with van der Waals surface area (Å²) in [6, 6.07) is 16.5. The van der Waals surface area contributed by atoms with Gasteiger partial charge in [0.15, 0.2) is 6.19 Å². The Morgan fingerprint density at radius 2 is 1.47 bits per heavy atom. The number of carbonyl (C=O) groups is 2. The molecule has 0 bridgehead atoms. The van der Waals surface area contributed by atoms with Crippen LogP contribution < -0.4 is 19.9 Å². The molecule has 248 valence electrons. The maximum absolute atomic E-state index is 13.9. The fraction of sp³-hybridized carbons (Fsp3) is 0.417. The third-order valence-electron chi connectivity index (χ3n) is 8.58. The molecule has 0 saturated heterocycles. The van der Waals surface area contributed by atoms with Gasteiger partial charge < -0.3 is 29.3 Å². The zero-order valence-electron chi connectivity index (χ0n) is 27.5. The molecule has 0 saturated carbocycles. The van der Waals surface area contributed by atoms with Gasteiger partial charge in [-0.15, -0.1) is 11.6 Å². The number of halogens is 1. The standard InChI is InChI=1S/C36H42ClN5O5/c1-40(2)26-10-13-29-32(22-26)47-33-23-27(41(3)4)11-14-30(33)36(29)31-21-25(9-12-28(31)35(44)42(36)24-38)34(43)39-16-18-46-20-19-45-17-8-6-5-7-15-37/h9-14,21-23H,5-8,15-20H2,1-4H3,(H,39,43). The molecule has 0 aliphatic carbocycles. The number of hydrogen-bond donors (Lipinski definition) is 1. The quantitative estimate of drug-likeness (QED) is 0.126. The summed E-state index contributed by atoms with van der Waals surface area (Å²) < 4.78 is 17.7. The fourth-order valence-electron chi connectivity index (χ4n) is 6.14. The van der Waals surface area contributed by atoms with Crippen molar-refractivity contribution in [3.05, 3.63) is 82.4 Å². The number of anilines is 2. The SMILES string of the molecule is CN(C)c1ccc2c(c1)Oc1cc(N(C)C)ccc1C21c2cc(C(=O)NCCOCCOCCCCCCCl)ccc2C(=O)N1C#N. The number of alkyl halides is 1. The molecular formula is C36H42ClN5O5. The smallest absolute Gasteiger partial charge is 0.268 e. The van der Waals surface area contributed by atoms with E-state index in [9.17, 15) is 14.9 Å². The van der Waals surface area contributed by atoms with Crippen molar-refractivity contribution in [3.63, 3.8) is 0 Å². The number of amides is 2. The Balaban J connectivity index is 1.38. The van der Waals surface area contributed by atoms with Gasteiger partial charge in [-0.05, 0) is 43.2 Å². The lowest BCUT2D eigenvalue weighted by atomic mass is 9.74. The molecular weight excluding hydrogens is 618 g/mol. The van der Waals surface area contributed by atoms with Gasteiger partial charge in [-0.1, -0.05) is 25.0 Å². The first-order valence-electron chi connectivity index (χ1n) is 15.9. The summed E-state index contributed by atoms with van der Waals surface area (Å²) in [7, 11) is 7.74. The molecule has 2 heterocycles. The van der Waals surface area contributed by atoms with Crippen molar-refractivity contribution in [1.29, 1.82) is 5.26 Å². The number of hydrogen-bond acceptors (Lipinski definition) is 8. The molecule has 2 aliphatic rings. The van der Waals surface area contributed by atoms with Crippen molar-refractivity contribution >= 4 is 34.8 Å². The van der Waals surface area contributed by atoms with Crippen LogP contribution in [0.25, 0.3) is 0 Å². The summed E-state index contributed by atoms with van der Waals surface area (Å²) in [4.78, 5) is 32.4. The third-order valence-corrected chi connectivity index (χ3v) is 8.85. The van der Waals surface area contributed by atoms with Crippen molar-refractivity contribution in [2.24, 2.45) is 0 Å². The van der Waals surface area contributed by atoms with Crippen molar-refractivity contribution in [1.82, 2.24) is 10.2 Å². The molecule has 2 amide bonds. The number of nitriles is 1. The summed E-state index contributed by atoms with van der Waals surface area (Å²) in [5, 5.41) is 13.4. The number of nitrogens with zero attached hydrogens (tertiary/aromatic N) is 4. The lowest BCUT2D eigenvalue weighted by Gasteiger charge is -2.41. The molecule has 0 fully saturated rings. The molecule has 0 unspecified atom stereocenters. The van der Waals surface area contributed by atoms with Crippen molar-refractivity contribution in [2.45, 2.75) is 31.2 Å². The van der Waals surface area contributed by atoms with E-state index in [1.807, 2.05) is 74.4 Å². The normalized spacial score (nSPS) is 13.8. The van der Waals surface area contributed by atoms with E-state index in [-0.39, 0.29) is 5.91 Å². The van der Waals surface area contributed by atoms with Crippen LogP contribution in [0.4, 0.5) is 11.4 Å². The first kappa shape index (κ1) is 34.0. The molecule has 5 rings (SSSR count). The van der Waals surface area contributed by atoms with Gasteiger partial charge in [0.1, 0.15) is 17.0 Å². The largest absolute Gasteiger partial charge is 0.456 e. The third kappa shape index (κ3) is 6.75. The second-order valence-corrected chi connectivity index (χ2v) is 12.4. The molecule has 3 aromatic carbocycles. The fourth-order valence-corrected chi connectivity index (χ4v) is 6.33. The number of fused-ring (bicyclic) bond motifs is 6. The second kappa shape index (κ2) is 15.1. The first-order valence-corrected chi connectivity index (χ1v) is 16.5. The molecule has 1 N–H and O–H groups in total. The number of carbonyl (C=O) groups excluding carboxylic acids is 2. The number of unbranched alkanes of at least 4 members (excludes halogenated alkanes) is 3. The topological polar surface area (TPSA) is 107 Å². The molecule has 1 spiro atoms. The van der Waals surface area contributed by atoms with Crippen LogP contribution >= 0.6 is 11.6 Å². The maximum Gasteiger partial charge on any atom is 0.268 e. The monoisotopic (exact) mass is 659 g/mol. The summed E-state index contributed by atoms with van der Waals surface area (Å²) in [6.45, 7) is 2.28. The van der Waals surface area contributed by atoms with E-state index in [2.05, 4.69) is 11.5 Å². The summed E-state index contributed by atoms with van der Waals surface area (Å²) in [5.41, 5.74) is 3.04. The molecule has 0 atom stereocenters. The zero-order chi connectivity index (χ0) is 33.6. The van der Waals surface area contributed by atoms with Crippen LogP contribution in [0, 0.1) is 11.5 Å². The van der Waals surface area contributed by atoms with E-state index in [4.69, 9.17) is 25.8 Å². The Morgan fingerprint density at radius 1 is 0.851 bits per heavy atom. The molecule has 47 heavy (non-hydrogen) atoms. The molecule has 11 heteroatoms. The second-order valence-electron chi connectivity index (χ2n) is 12.0. The van der Waals surface area contributed by atoms with Gasteiger partial charge >= 0.3 is 0 Å². The Kier molecular flexibility index (Phi) is 10.9. The van der Waals surface area contributed by atoms with Crippen molar-refractivity contribution in [2.75, 3.05) is 76.8 Å². The zero-order valence-corrected chi connectivity index (χ0v) is 28.2. The molecule has 2 aliphatic heterocycles. The van der Waals surface area contributed by atoms with Crippen LogP contribution in [0.5, 0.6) is 11.5 Å². The molecule has 0 aromatic heterocycles. The summed E-state index contributed by atoms with van der Waals surface area (Å²) in [5.74, 6) is 1.02. The van der Waals surface area contributed by atoms with Crippen LogP contribution in [0.1, 0.15) is 63.1 Å². The Bertz CT molecular complexity index is 1600. The average molecular weight is 660 g/mol. The minimum absolute atomic E-state index is 0.305. The Morgan fingerprint density at radius 3 is 2.06 bits per heavy atom. The van der Waals surface area contributed by atoms with Gasteiger partial charge in [0, 0.05) is 98.5 Å². The first-order chi connectivity index (χ1) is 22.7. The minimum Gasteiger partial charge on any atom is -0.456 e. The maximum atomic E-state index is 13.9. The lowest BCUT2D eigenvalue weighted by molar-refractivity contribution is 0.0468. The van der Waals surface area contributed by atoms with E-state index in [0.29, 0.717) is 78.2 Å². The van der Waals surface area contributed by atoms with Crippen LogP contribution in [0.2, 0.25) is 0 Å². The highest BCUT2D eigenvalue weighted by Crippen LogP contribution is 2.58. The van der Waals surface area contributed by atoms with Crippen LogP contribution in [0.3, 0.4) is 0 Å². The van der Waals surface area contributed by atoms with Crippen molar-refractivity contribution < 1.29 is 23.8 Å². The summed E-state index contributed by atoms with van der Waals surface area (Å²) >= 11 is 5.70. The lowest BCUT2D eigenvalue weighted by Crippen LogP contribution is -2.44. The Hall–Kier alpha value is -4.30. The molecule has 10 nitrogen and oxygen atoms in total. The predicted molar refractivity (Wildman–Crippen MR) is 183 cm³/mol. The number of nitrogens with one attached hydrogen (secondary N) is 1. The van der Waals surface area contributed by atoms with E-state index in [0.717, 1.165) is 37.1 Å². The molecule has 3 aromatic rings. The highest BCUT2D eigenvalue weighted by atomic mass is 35.5. The van der Waals surface area contributed by atoms with Gasteiger partial charge in [0.2, 0.25) is 0 Å². The van der Waals surface area contributed by atoms with Crippen LogP contribution in [-0.2, 0) is 15.0 Å². The number of benzene rings is 3. The minimum atomic E-state index is -1.33. The van der Waals surface area contributed by atoms with Crippen molar-refractivity contribution in [3.8, 4) is 17.7 Å². The van der Waals surface area contributed by atoms with Crippen LogP contribution in [-0.4, -0.2) is 83.8 Å². The van der Waals surface area contributed by atoms with E-state index < -0.39 is 11.4 Å². The number of ether oxygens (including phenoxy) is 3. The Labute approximate surface area is 281 Å². The predicted octanol–water partition coefficient (Wildman–Crippen LogP) is 5.72. The van der Waals surface area contributed by atoms with E-state index >= 15 is 0 Å².